The zero-order valence-electron chi connectivity index (χ0n) is 8.91. The molecule has 0 aromatic heterocycles. The number of likely N-dealkylation sites (tertiary alicyclic amines) is 1. The second-order valence-electron chi connectivity index (χ2n) is 4.77. The number of aliphatic hydroxyl groups is 1. The lowest BCUT2D eigenvalue weighted by molar-refractivity contribution is 0.131. The predicted octanol–water partition coefficient (Wildman–Crippen LogP) is 0.300. The molecule has 3 nitrogen and oxygen atoms in total. The summed E-state index contributed by atoms with van der Waals surface area (Å²) in [7, 11) is 0. The lowest BCUT2D eigenvalue weighted by Gasteiger charge is -2.36. The Kier molecular flexibility index (Phi) is 3.79. The van der Waals surface area contributed by atoms with Crippen molar-refractivity contribution in [2.24, 2.45) is 11.8 Å². The van der Waals surface area contributed by atoms with E-state index in [1.807, 2.05) is 0 Å². The van der Waals surface area contributed by atoms with E-state index in [1.54, 1.807) is 0 Å². The van der Waals surface area contributed by atoms with Crippen LogP contribution in [-0.4, -0.2) is 49.3 Å². The van der Waals surface area contributed by atoms with Gasteiger partial charge in [0, 0.05) is 6.54 Å². The molecule has 2 fully saturated rings. The summed E-state index contributed by atoms with van der Waals surface area (Å²) in [5.74, 6) is 1.92. The summed E-state index contributed by atoms with van der Waals surface area (Å²) >= 11 is 0. The Labute approximate surface area is 86.5 Å². The largest absolute Gasteiger partial charge is 0.395 e. The number of hydrogen-bond acceptors (Lipinski definition) is 3. The third-order valence-electron chi connectivity index (χ3n) is 3.66. The first-order chi connectivity index (χ1) is 6.88. The van der Waals surface area contributed by atoms with Crippen molar-refractivity contribution in [1.82, 2.24) is 10.2 Å². The lowest BCUT2D eigenvalue weighted by Crippen LogP contribution is -2.44. The van der Waals surface area contributed by atoms with Gasteiger partial charge in [-0.25, -0.2) is 0 Å². The van der Waals surface area contributed by atoms with Crippen LogP contribution in [0.4, 0.5) is 0 Å². The van der Waals surface area contributed by atoms with Crippen LogP contribution in [-0.2, 0) is 0 Å². The maximum absolute atomic E-state index is 8.83. The predicted molar refractivity (Wildman–Crippen MR) is 57.2 cm³/mol. The van der Waals surface area contributed by atoms with E-state index in [0.29, 0.717) is 6.61 Å². The van der Waals surface area contributed by atoms with Gasteiger partial charge in [-0.2, -0.15) is 0 Å². The van der Waals surface area contributed by atoms with Crippen LogP contribution < -0.4 is 5.32 Å². The van der Waals surface area contributed by atoms with Crippen molar-refractivity contribution in [3.8, 4) is 0 Å². The van der Waals surface area contributed by atoms with Crippen LogP contribution in [0.25, 0.3) is 0 Å². The zero-order valence-corrected chi connectivity index (χ0v) is 8.91. The van der Waals surface area contributed by atoms with Gasteiger partial charge in [-0.15, -0.1) is 0 Å². The van der Waals surface area contributed by atoms with E-state index in [9.17, 15) is 0 Å². The normalized spacial score (nSPS) is 26.4. The van der Waals surface area contributed by atoms with Gasteiger partial charge in [0.15, 0.2) is 0 Å². The second kappa shape index (κ2) is 5.10. The van der Waals surface area contributed by atoms with Crippen molar-refractivity contribution in [3.63, 3.8) is 0 Å². The van der Waals surface area contributed by atoms with Crippen molar-refractivity contribution >= 4 is 0 Å². The minimum atomic E-state index is 0.317. The van der Waals surface area contributed by atoms with Gasteiger partial charge in [0.25, 0.3) is 0 Å². The average molecular weight is 198 g/mol. The monoisotopic (exact) mass is 198 g/mol. The molecule has 2 aliphatic rings. The van der Waals surface area contributed by atoms with E-state index in [0.717, 1.165) is 18.4 Å². The van der Waals surface area contributed by atoms with E-state index in [2.05, 4.69) is 10.2 Å². The van der Waals surface area contributed by atoms with Crippen LogP contribution in [0, 0.1) is 11.8 Å². The van der Waals surface area contributed by atoms with E-state index in [1.165, 1.54) is 45.4 Å². The molecule has 2 heterocycles. The minimum absolute atomic E-state index is 0.317. The van der Waals surface area contributed by atoms with Crippen LogP contribution in [0.5, 0.6) is 0 Å². The molecule has 2 aliphatic heterocycles. The van der Waals surface area contributed by atoms with Crippen LogP contribution in [0.15, 0.2) is 0 Å². The number of rotatable bonds is 4. The molecular weight excluding hydrogens is 176 g/mol. The van der Waals surface area contributed by atoms with E-state index in [-0.39, 0.29) is 0 Å². The van der Waals surface area contributed by atoms with Crippen molar-refractivity contribution in [2.75, 3.05) is 39.3 Å². The highest BCUT2D eigenvalue weighted by Crippen LogP contribution is 2.25. The number of aliphatic hydroxyl groups excluding tert-OH is 1. The molecule has 2 N–H and O–H groups in total. The summed E-state index contributed by atoms with van der Waals surface area (Å²) in [5.41, 5.74) is 0. The molecule has 2 saturated heterocycles. The quantitative estimate of drug-likeness (QED) is 0.682. The molecule has 0 bridgehead atoms. The maximum atomic E-state index is 8.83. The number of nitrogens with zero attached hydrogens (tertiary/aromatic N) is 1. The van der Waals surface area contributed by atoms with Gasteiger partial charge in [-0.3, -0.25) is 0 Å². The molecule has 0 radical (unpaired) electrons. The van der Waals surface area contributed by atoms with Crippen LogP contribution in [0.2, 0.25) is 0 Å². The van der Waals surface area contributed by atoms with Crippen molar-refractivity contribution < 1.29 is 5.11 Å². The molecule has 0 unspecified atom stereocenters. The van der Waals surface area contributed by atoms with Gasteiger partial charge >= 0.3 is 0 Å². The zero-order chi connectivity index (χ0) is 9.80. The Balaban J connectivity index is 1.62. The molecule has 3 heteroatoms. The summed E-state index contributed by atoms with van der Waals surface area (Å²) in [5, 5.41) is 12.2. The third kappa shape index (κ3) is 2.69. The highest BCUT2D eigenvalue weighted by molar-refractivity contribution is 4.80. The Hall–Kier alpha value is -0.120. The van der Waals surface area contributed by atoms with Crippen LogP contribution in [0.3, 0.4) is 0 Å². The number of nitrogens with one attached hydrogen (secondary N) is 1. The smallest absolute Gasteiger partial charge is 0.0558 e. The Morgan fingerprint density at radius 1 is 1.14 bits per heavy atom. The van der Waals surface area contributed by atoms with Gasteiger partial charge in [0.05, 0.1) is 6.61 Å². The first-order valence-corrected chi connectivity index (χ1v) is 5.92. The molecule has 0 aliphatic carbocycles. The fraction of sp³-hybridized carbons (Fsp3) is 1.00. The average Bonchev–Trinajstić information content (AvgIpc) is 2.14. The topological polar surface area (TPSA) is 35.5 Å². The molecule has 0 atom stereocenters. The fourth-order valence-electron chi connectivity index (χ4n) is 2.57. The van der Waals surface area contributed by atoms with Crippen molar-refractivity contribution in [3.05, 3.63) is 0 Å². The molecule has 0 aromatic rings. The summed E-state index contributed by atoms with van der Waals surface area (Å²) in [4.78, 5) is 2.38. The Morgan fingerprint density at radius 2 is 1.86 bits per heavy atom. The highest BCUT2D eigenvalue weighted by Gasteiger charge is 2.24. The van der Waals surface area contributed by atoms with Crippen LogP contribution in [0.1, 0.15) is 19.3 Å². The Morgan fingerprint density at radius 3 is 2.36 bits per heavy atom. The fourth-order valence-corrected chi connectivity index (χ4v) is 2.57. The van der Waals surface area contributed by atoms with Gasteiger partial charge in [-0.1, -0.05) is 0 Å². The van der Waals surface area contributed by atoms with E-state index in [4.69, 9.17) is 5.11 Å². The van der Waals surface area contributed by atoms with Gasteiger partial charge in [0.1, 0.15) is 0 Å². The van der Waals surface area contributed by atoms with Gasteiger partial charge < -0.3 is 15.3 Å². The number of piperidine rings is 1. The molecule has 0 amide bonds. The number of hydrogen-bond donors (Lipinski definition) is 2. The summed E-state index contributed by atoms with van der Waals surface area (Å²) in [6.45, 7) is 6.08. The van der Waals surface area contributed by atoms with Gasteiger partial charge in [0.2, 0.25) is 0 Å². The van der Waals surface area contributed by atoms with Crippen molar-refractivity contribution in [2.45, 2.75) is 19.3 Å². The SMILES string of the molecule is OCCN1CCC(CC2CNC2)CC1. The molecule has 2 rings (SSSR count). The lowest BCUT2D eigenvalue weighted by atomic mass is 9.85. The van der Waals surface area contributed by atoms with Crippen molar-refractivity contribution in [1.29, 1.82) is 0 Å². The Bertz CT molecular complexity index is 163. The molecule has 0 spiro atoms. The minimum Gasteiger partial charge on any atom is -0.395 e. The van der Waals surface area contributed by atoms with E-state index < -0.39 is 0 Å². The molecule has 0 saturated carbocycles. The second-order valence-corrected chi connectivity index (χ2v) is 4.77. The summed E-state index contributed by atoms with van der Waals surface area (Å²) < 4.78 is 0. The standard InChI is InChI=1S/C11H22N2O/c14-6-5-13-3-1-10(2-4-13)7-11-8-12-9-11/h10-12,14H,1-9H2. The van der Waals surface area contributed by atoms with E-state index >= 15 is 0 Å². The first-order valence-electron chi connectivity index (χ1n) is 5.92. The summed E-state index contributed by atoms with van der Waals surface area (Å²) in [6.07, 6.45) is 4.12. The molecule has 82 valence electrons. The highest BCUT2D eigenvalue weighted by atomic mass is 16.3. The first kappa shape index (κ1) is 10.4. The third-order valence-corrected chi connectivity index (χ3v) is 3.66. The molecule has 0 aromatic carbocycles. The van der Waals surface area contributed by atoms with Crippen LogP contribution >= 0.6 is 0 Å². The summed E-state index contributed by atoms with van der Waals surface area (Å²) in [6, 6.07) is 0. The van der Waals surface area contributed by atoms with Gasteiger partial charge in [-0.05, 0) is 57.3 Å². The maximum Gasteiger partial charge on any atom is 0.0558 e. The molecular formula is C11H22N2O. The molecule has 14 heavy (non-hydrogen) atoms. The number of β-amino-alcohol motifs (C(OH)–C–C–N with tert-alkyl or cyclic N) is 1.